The number of sulfonamides is 1. The lowest BCUT2D eigenvalue weighted by Crippen LogP contribution is -2.44. The summed E-state index contributed by atoms with van der Waals surface area (Å²) in [7, 11) is 1.22. The lowest BCUT2D eigenvalue weighted by atomic mass is 10.1. The van der Waals surface area contributed by atoms with E-state index in [4.69, 9.17) is 9.47 Å². The van der Waals surface area contributed by atoms with Crippen LogP contribution in [-0.4, -0.2) is 83.6 Å². The number of hydrogen-bond acceptors (Lipinski definition) is 6. The molecule has 2 aliphatic heterocycles. The van der Waals surface area contributed by atoms with Gasteiger partial charge in [-0.3, -0.25) is 9.69 Å². The highest BCUT2D eigenvalue weighted by Crippen LogP contribution is 2.27. The maximum absolute atomic E-state index is 13.2. The molecule has 2 atom stereocenters. The second-order valence-electron chi connectivity index (χ2n) is 6.76. The van der Waals surface area contributed by atoms with Gasteiger partial charge in [-0.15, -0.1) is 0 Å². The van der Waals surface area contributed by atoms with Crippen molar-refractivity contribution in [1.29, 1.82) is 0 Å². The molecule has 8 nitrogen and oxygen atoms in total. The van der Waals surface area contributed by atoms with Gasteiger partial charge in [-0.2, -0.15) is 4.31 Å². The number of benzene rings is 1. The quantitative estimate of drug-likeness (QED) is 0.788. The number of rotatable bonds is 4. The SMILES string of the molecule is CNC(=O)c1cc(S(=O)(=O)N2C[C@@H]3COC[C@H](C2)N(C)C3)ccc1OC. The molecule has 0 aliphatic carbocycles. The second kappa shape index (κ2) is 7.51. The van der Waals surface area contributed by atoms with Crippen LogP contribution >= 0.6 is 0 Å². The lowest BCUT2D eigenvalue weighted by Gasteiger charge is -2.29. The summed E-state index contributed by atoms with van der Waals surface area (Å²) < 4.78 is 38.8. The molecule has 1 N–H and O–H groups in total. The molecule has 0 spiro atoms. The lowest BCUT2D eigenvalue weighted by molar-refractivity contribution is 0.0727. The van der Waals surface area contributed by atoms with Crippen LogP contribution in [0.25, 0.3) is 0 Å². The minimum Gasteiger partial charge on any atom is -0.496 e. The van der Waals surface area contributed by atoms with E-state index in [2.05, 4.69) is 10.2 Å². The molecule has 2 fully saturated rings. The number of ether oxygens (including phenoxy) is 2. The Morgan fingerprint density at radius 2 is 2.04 bits per heavy atom. The van der Waals surface area contributed by atoms with Gasteiger partial charge in [-0.25, -0.2) is 8.42 Å². The van der Waals surface area contributed by atoms with Crippen molar-refractivity contribution in [3.8, 4) is 5.75 Å². The van der Waals surface area contributed by atoms with E-state index in [0.717, 1.165) is 6.54 Å². The largest absolute Gasteiger partial charge is 0.496 e. The molecule has 1 amide bonds. The Morgan fingerprint density at radius 3 is 2.73 bits per heavy atom. The first-order valence-electron chi connectivity index (χ1n) is 8.55. The molecule has 144 valence electrons. The summed E-state index contributed by atoms with van der Waals surface area (Å²) in [5.74, 6) is 0.0721. The van der Waals surface area contributed by atoms with Crippen LogP contribution in [-0.2, 0) is 14.8 Å². The van der Waals surface area contributed by atoms with Gasteiger partial charge in [0, 0.05) is 38.6 Å². The standard InChI is InChI=1S/C17H25N3O5S/c1-18-17(21)15-6-14(4-5-16(15)24-3)26(22,23)20-8-12-7-19(2)13(9-20)11-25-10-12/h4-6,12-13H,7-11H2,1-3H3,(H,18,21)/t12-,13+/m1/s1. The molecule has 26 heavy (non-hydrogen) atoms. The van der Waals surface area contributed by atoms with Gasteiger partial charge in [-0.05, 0) is 25.2 Å². The molecule has 0 aromatic heterocycles. The Kier molecular flexibility index (Phi) is 5.52. The molecule has 9 heteroatoms. The fourth-order valence-electron chi connectivity index (χ4n) is 3.51. The van der Waals surface area contributed by atoms with Crippen molar-refractivity contribution in [2.24, 2.45) is 5.92 Å². The maximum Gasteiger partial charge on any atom is 0.254 e. The van der Waals surface area contributed by atoms with E-state index in [9.17, 15) is 13.2 Å². The highest BCUT2D eigenvalue weighted by atomic mass is 32.2. The number of fused-ring (bicyclic) bond motifs is 3. The number of carbonyl (C=O) groups excluding carboxylic acids is 1. The van der Waals surface area contributed by atoms with E-state index >= 15 is 0 Å². The normalized spacial score (nSPS) is 24.7. The van der Waals surface area contributed by atoms with E-state index in [-0.39, 0.29) is 28.3 Å². The van der Waals surface area contributed by atoms with Crippen LogP contribution < -0.4 is 10.1 Å². The Morgan fingerprint density at radius 1 is 1.27 bits per heavy atom. The number of likely N-dealkylation sites (N-methyl/N-ethyl adjacent to an activating group) is 1. The van der Waals surface area contributed by atoms with Gasteiger partial charge in [0.25, 0.3) is 5.91 Å². The Hall–Kier alpha value is -1.68. The van der Waals surface area contributed by atoms with Crippen LogP contribution in [0.15, 0.2) is 23.1 Å². The van der Waals surface area contributed by atoms with Crippen LogP contribution in [0, 0.1) is 5.92 Å². The molecule has 0 radical (unpaired) electrons. The van der Waals surface area contributed by atoms with E-state index in [1.807, 2.05) is 7.05 Å². The third-order valence-electron chi connectivity index (χ3n) is 4.99. The van der Waals surface area contributed by atoms with Gasteiger partial charge in [0.1, 0.15) is 5.75 Å². The van der Waals surface area contributed by atoms with Crippen LogP contribution in [0.2, 0.25) is 0 Å². The van der Waals surface area contributed by atoms with Gasteiger partial charge in [0.15, 0.2) is 0 Å². The zero-order valence-corrected chi connectivity index (χ0v) is 16.1. The van der Waals surface area contributed by atoms with Gasteiger partial charge < -0.3 is 14.8 Å². The van der Waals surface area contributed by atoms with Gasteiger partial charge >= 0.3 is 0 Å². The minimum absolute atomic E-state index is 0.0222. The third kappa shape index (κ3) is 3.57. The number of methoxy groups -OCH3 is 1. The molecule has 2 aliphatic rings. The first kappa shape index (κ1) is 19.1. The summed E-state index contributed by atoms with van der Waals surface area (Å²) in [6.07, 6.45) is 0. The molecular formula is C17H25N3O5S. The average Bonchev–Trinajstić information content (AvgIpc) is 2.89. The highest BCUT2D eigenvalue weighted by Gasteiger charge is 2.37. The molecule has 1 aromatic rings. The van der Waals surface area contributed by atoms with E-state index in [1.165, 1.54) is 36.7 Å². The summed E-state index contributed by atoms with van der Waals surface area (Å²) in [5.41, 5.74) is 0.201. The summed E-state index contributed by atoms with van der Waals surface area (Å²) in [6.45, 7) is 2.66. The van der Waals surface area contributed by atoms with Crippen molar-refractivity contribution in [3.05, 3.63) is 23.8 Å². The predicted octanol–water partition coefficient (Wildman–Crippen LogP) is 0.00590. The van der Waals surface area contributed by atoms with Crippen molar-refractivity contribution < 1.29 is 22.7 Å². The zero-order chi connectivity index (χ0) is 18.9. The summed E-state index contributed by atoms with van der Waals surface area (Å²) in [4.78, 5) is 14.3. The molecule has 2 saturated heterocycles. The highest BCUT2D eigenvalue weighted by molar-refractivity contribution is 7.89. The van der Waals surface area contributed by atoms with Gasteiger partial charge in [0.2, 0.25) is 10.0 Å². The monoisotopic (exact) mass is 383 g/mol. The van der Waals surface area contributed by atoms with Crippen LogP contribution in [0.1, 0.15) is 10.4 Å². The number of amides is 1. The van der Waals surface area contributed by atoms with Crippen LogP contribution in [0.5, 0.6) is 5.75 Å². The Balaban J connectivity index is 1.96. The molecular weight excluding hydrogens is 358 g/mol. The topological polar surface area (TPSA) is 88.2 Å². The number of carbonyl (C=O) groups is 1. The van der Waals surface area contributed by atoms with Crippen molar-refractivity contribution in [2.45, 2.75) is 10.9 Å². The first-order valence-corrected chi connectivity index (χ1v) is 9.99. The Bertz CT molecular complexity index is 783. The van der Waals surface area contributed by atoms with Gasteiger partial charge in [-0.1, -0.05) is 0 Å². The smallest absolute Gasteiger partial charge is 0.254 e. The van der Waals surface area contributed by atoms with Gasteiger partial charge in [0.05, 0.1) is 30.8 Å². The van der Waals surface area contributed by atoms with Crippen LogP contribution in [0.3, 0.4) is 0 Å². The molecule has 2 bridgehead atoms. The maximum atomic E-state index is 13.2. The molecule has 3 rings (SSSR count). The molecule has 1 aromatic carbocycles. The van der Waals surface area contributed by atoms with Crippen molar-refractivity contribution in [3.63, 3.8) is 0 Å². The summed E-state index contributed by atoms with van der Waals surface area (Å²) in [5, 5.41) is 2.51. The summed E-state index contributed by atoms with van der Waals surface area (Å²) >= 11 is 0. The van der Waals surface area contributed by atoms with E-state index in [1.54, 1.807) is 0 Å². The number of nitrogens with zero attached hydrogens (tertiary/aromatic N) is 2. The minimum atomic E-state index is -3.72. The number of hydrogen-bond donors (Lipinski definition) is 1. The zero-order valence-electron chi connectivity index (χ0n) is 15.3. The first-order chi connectivity index (χ1) is 12.4. The van der Waals surface area contributed by atoms with Crippen LogP contribution in [0.4, 0.5) is 0 Å². The van der Waals surface area contributed by atoms with Crippen molar-refractivity contribution in [2.75, 3.05) is 54.1 Å². The number of nitrogens with one attached hydrogen (secondary N) is 1. The molecule has 0 unspecified atom stereocenters. The third-order valence-corrected chi connectivity index (χ3v) is 6.82. The summed E-state index contributed by atoms with van der Waals surface area (Å²) in [6, 6.07) is 4.41. The van der Waals surface area contributed by atoms with Crippen molar-refractivity contribution >= 4 is 15.9 Å². The molecule has 2 heterocycles. The van der Waals surface area contributed by atoms with E-state index in [0.29, 0.717) is 32.1 Å². The fraction of sp³-hybridized carbons (Fsp3) is 0.588. The second-order valence-corrected chi connectivity index (χ2v) is 8.70. The fourth-order valence-corrected chi connectivity index (χ4v) is 5.09. The van der Waals surface area contributed by atoms with E-state index < -0.39 is 10.0 Å². The average molecular weight is 383 g/mol. The predicted molar refractivity (Wildman–Crippen MR) is 95.9 cm³/mol. The molecule has 0 saturated carbocycles. The van der Waals surface area contributed by atoms with Crippen molar-refractivity contribution in [1.82, 2.24) is 14.5 Å². The Labute approximate surface area is 154 Å².